The summed E-state index contributed by atoms with van der Waals surface area (Å²) in [4.78, 5) is 10.8. The highest BCUT2D eigenvalue weighted by Crippen LogP contribution is 2.31. The lowest BCUT2D eigenvalue weighted by Crippen LogP contribution is -2.07. The Morgan fingerprint density at radius 3 is 2.65 bits per heavy atom. The summed E-state index contributed by atoms with van der Waals surface area (Å²) in [7, 11) is 0. The molecule has 0 aliphatic carbocycles. The second-order valence-corrected chi connectivity index (χ2v) is 7.52. The standard InChI is InChI=1S/C20H19N7O3S/c1-11-8-17(27(28)29)12(2)7-16(11)18-6-5-15(30-18)10-21-26-19(22-23-20(26)31)25-14(4)9-13(3)24-25/h5-10H,1-4H3,(H,23,31)/b21-10+. The lowest BCUT2D eigenvalue weighted by atomic mass is 10.0. The van der Waals surface area contributed by atoms with Crippen molar-refractivity contribution in [2.24, 2.45) is 5.10 Å². The van der Waals surface area contributed by atoms with Crippen LogP contribution in [0.5, 0.6) is 0 Å². The Morgan fingerprint density at radius 2 is 1.97 bits per heavy atom. The van der Waals surface area contributed by atoms with Crippen molar-refractivity contribution < 1.29 is 9.34 Å². The molecule has 3 aromatic heterocycles. The van der Waals surface area contributed by atoms with E-state index in [1.165, 1.54) is 10.9 Å². The van der Waals surface area contributed by atoms with E-state index in [-0.39, 0.29) is 10.6 Å². The molecule has 0 bridgehead atoms. The minimum absolute atomic E-state index is 0.0839. The molecule has 158 valence electrons. The average Bonchev–Trinajstić information content (AvgIpc) is 3.40. The molecule has 3 heterocycles. The summed E-state index contributed by atoms with van der Waals surface area (Å²) in [5.41, 5.74) is 3.93. The monoisotopic (exact) mass is 437 g/mol. The summed E-state index contributed by atoms with van der Waals surface area (Å²) >= 11 is 5.29. The Kier molecular flexibility index (Phi) is 5.11. The SMILES string of the molecule is Cc1cc(C)n(-c2n[nH]c(=S)n2/N=C/c2ccc(-c3cc(C)c([N+](=O)[O-])cc3C)o2)n1. The zero-order chi connectivity index (χ0) is 22.3. The molecule has 0 radical (unpaired) electrons. The van der Waals surface area contributed by atoms with Crippen LogP contribution >= 0.6 is 12.2 Å². The minimum Gasteiger partial charge on any atom is -0.455 e. The van der Waals surface area contributed by atoms with Gasteiger partial charge in [0.1, 0.15) is 11.5 Å². The van der Waals surface area contributed by atoms with Gasteiger partial charge in [0.25, 0.3) is 11.6 Å². The summed E-state index contributed by atoms with van der Waals surface area (Å²) in [6.07, 6.45) is 1.53. The molecule has 0 saturated carbocycles. The van der Waals surface area contributed by atoms with E-state index >= 15 is 0 Å². The zero-order valence-electron chi connectivity index (χ0n) is 17.3. The minimum atomic E-state index is -0.388. The summed E-state index contributed by atoms with van der Waals surface area (Å²) in [6.45, 7) is 7.32. The first-order valence-electron chi connectivity index (χ1n) is 9.36. The van der Waals surface area contributed by atoms with Crippen LogP contribution in [0.1, 0.15) is 28.3 Å². The first-order chi connectivity index (χ1) is 14.7. The van der Waals surface area contributed by atoms with E-state index in [9.17, 15) is 10.1 Å². The smallest absolute Gasteiger partial charge is 0.272 e. The second-order valence-electron chi connectivity index (χ2n) is 7.14. The fourth-order valence-corrected chi connectivity index (χ4v) is 3.48. The fourth-order valence-electron chi connectivity index (χ4n) is 3.30. The van der Waals surface area contributed by atoms with Crippen LogP contribution in [0.2, 0.25) is 0 Å². The van der Waals surface area contributed by atoms with Crippen molar-refractivity contribution in [3.05, 3.63) is 73.5 Å². The normalized spacial score (nSPS) is 11.5. The molecule has 4 rings (SSSR count). The summed E-state index contributed by atoms with van der Waals surface area (Å²) in [6, 6.07) is 8.79. The number of nitrogens with one attached hydrogen (secondary N) is 1. The molecule has 0 aliphatic heterocycles. The van der Waals surface area contributed by atoms with Gasteiger partial charge in [0.2, 0.25) is 4.77 Å². The van der Waals surface area contributed by atoms with Gasteiger partial charge >= 0.3 is 0 Å². The van der Waals surface area contributed by atoms with Crippen molar-refractivity contribution in [1.29, 1.82) is 0 Å². The number of aromatic nitrogens is 5. The number of nitro groups is 1. The molecule has 0 atom stereocenters. The van der Waals surface area contributed by atoms with Gasteiger partial charge in [-0.3, -0.25) is 10.1 Å². The molecule has 11 heteroatoms. The molecule has 0 unspecified atom stereocenters. The Bertz CT molecular complexity index is 1390. The Hall–Kier alpha value is -3.86. The Balaban J connectivity index is 1.66. The van der Waals surface area contributed by atoms with Crippen LogP contribution in [0.3, 0.4) is 0 Å². The molecule has 0 saturated heterocycles. The van der Waals surface area contributed by atoms with Crippen molar-refractivity contribution in [1.82, 2.24) is 24.7 Å². The third kappa shape index (κ3) is 3.82. The lowest BCUT2D eigenvalue weighted by Gasteiger charge is -2.05. The third-order valence-electron chi connectivity index (χ3n) is 4.76. The van der Waals surface area contributed by atoms with Crippen molar-refractivity contribution in [2.75, 3.05) is 0 Å². The summed E-state index contributed by atoms with van der Waals surface area (Å²) < 4.78 is 9.32. The van der Waals surface area contributed by atoms with Gasteiger partial charge in [-0.2, -0.15) is 14.9 Å². The van der Waals surface area contributed by atoms with E-state index in [0.29, 0.717) is 27.8 Å². The quantitative estimate of drug-likeness (QED) is 0.214. The number of hydrogen-bond acceptors (Lipinski definition) is 7. The van der Waals surface area contributed by atoms with E-state index in [1.807, 2.05) is 26.8 Å². The van der Waals surface area contributed by atoms with Gasteiger partial charge < -0.3 is 4.42 Å². The maximum absolute atomic E-state index is 11.1. The van der Waals surface area contributed by atoms with Crippen LogP contribution in [0.25, 0.3) is 17.3 Å². The number of aryl methyl sites for hydroxylation is 4. The molecule has 1 N–H and O–H groups in total. The number of aromatic amines is 1. The predicted molar refractivity (Wildman–Crippen MR) is 117 cm³/mol. The highest BCUT2D eigenvalue weighted by molar-refractivity contribution is 7.71. The number of rotatable bonds is 5. The first-order valence-corrected chi connectivity index (χ1v) is 9.76. The van der Waals surface area contributed by atoms with Gasteiger partial charge in [-0.1, -0.05) is 0 Å². The number of benzene rings is 1. The van der Waals surface area contributed by atoms with Crippen molar-refractivity contribution in [3.63, 3.8) is 0 Å². The molecule has 0 spiro atoms. The highest BCUT2D eigenvalue weighted by Gasteiger charge is 2.16. The number of H-pyrrole nitrogens is 1. The molecule has 4 aromatic rings. The molecule has 10 nitrogen and oxygen atoms in total. The molecule has 1 aromatic carbocycles. The van der Waals surface area contributed by atoms with Crippen molar-refractivity contribution >= 4 is 24.1 Å². The molecule has 31 heavy (non-hydrogen) atoms. The van der Waals surface area contributed by atoms with Crippen molar-refractivity contribution in [3.8, 4) is 17.3 Å². The van der Waals surface area contributed by atoms with E-state index in [1.54, 1.807) is 35.9 Å². The summed E-state index contributed by atoms with van der Waals surface area (Å²) in [5.74, 6) is 1.51. The molecular formula is C20H19N7O3S. The molecular weight excluding hydrogens is 418 g/mol. The summed E-state index contributed by atoms with van der Waals surface area (Å²) in [5, 5.41) is 26.9. The van der Waals surface area contributed by atoms with Crippen LogP contribution in [-0.4, -0.2) is 35.8 Å². The average molecular weight is 437 g/mol. The number of hydrogen-bond donors (Lipinski definition) is 1. The third-order valence-corrected chi connectivity index (χ3v) is 5.03. The van der Waals surface area contributed by atoms with Gasteiger partial charge in [-0.05, 0) is 69.7 Å². The number of furan rings is 1. The van der Waals surface area contributed by atoms with Crippen LogP contribution in [0, 0.1) is 42.6 Å². The van der Waals surface area contributed by atoms with Crippen LogP contribution < -0.4 is 0 Å². The van der Waals surface area contributed by atoms with E-state index in [4.69, 9.17) is 16.6 Å². The maximum atomic E-state index is 11.1. The van der Waals surface area contributed by atoms with E-state index in [2.05, 4.69) is 20.4 Å². The topological polar surface area (TPSA) is 120 Å². The van der Waals surface area contributed by atoms with Gasteiger partial charge in [0.15, 0.2) is 0 Å². The molecule has 0 fully saturated rings. The van der Waals surface area contributed by atoms with Crippen LogP contribution in [0.4, 0.5) is 5.69 Å². The van der Waals surface area contributed by atoms with Crippen molar-refractivity contribution in [2.45, 2.75) is 27.7 Å². The Labute approximate surface area is 182 Å². The Morgan fingerprint density at radius 1 is 1.19 bits per heavy atom. The van der Waals surface area contributed by atoms with Gasteiger partial charge in [0, 0.05) is 22.9 Å². The van der Waals surface area contributed by atoms with Crippen LogP contribution in [0.15, 0.2) is 39.9 Å². The van der Waals surface area contributed by atoms with E-state index < -0.39 is 0 Å². The number of nitro benzene ring substituents is 1. The van der Waals surface area contributed by atoms with E-state index in [0.717, 1.165) is 22.5 Å². The molecule has 0 aliphatic rings. The van der Waals surface area contributed by atoms with Gasteiger partial charge in [0.05, 0.1) is 16.8 Å². The van der Waals surface area contributed by atoms with Crippen LogP contribution in [-0.2, 0) is 0 Å². The zero-order valence-corrected chi connectivity index (χ0v) is 18.1. The van der Waals surface area contributed by atoms with Gasteiger partial charge in [-0.15, -0.1) is 5.10 Å². The second kappa shape index (κ2) is 7.76. The largest absolute Gasteiger partial charge is 0.455 e. The molecule has 0 amide bonds. The van der Waals surface area contributed by atoms with Gasteiger partial charge in [-0.25, -0.2) is 9.78 Å². The predicted octanol–water partition coefficient (Wildman–Crippen LogP) is 4.41. The maximum Gasteiger partial charge on any atom is 0.272 e. The fraction of sp³-hybridized carbons (Fsp3) is 0.200. The highest BCUT2D eigenvalue weighted by atomic mass is 32.1. The number of nitrogens with zero attached hydrogens (tertiary/aromatic N) is 6. The lowest BCUT2D eigenvalue weighted by molar-refractivity contribution is -0.385. The first kappa shape index (κ1) is 20.4.